The van der Waals surface area contributed by atoms with Gasteiger partial charge in [0.05, 0.1) is 55.9 Å². The Kier molecular flexibility index (Phi) is 24.4. The quantitative estimate of drug-likeness (QED) is 0.0294. The third-order valence-corrected chi connectivity index (χ3v) is 26.0. The molecule has 0 amide bonds. The Morgan fingerprint density at radius 3 is 0.471 bits per heavy atom. The fourth-order valence-electron chi connectivity index (χ4n) is 19.4. The number of fused-ring (bicyclic) bond motifs is 18. The Labute approximate surface area is 760 Å². The van der Waals surface area contributed by atoms with Gasteiger partial charge in [-0.05, 0) is 179 Å². The van der Waals surface area contributed by atoms with E-state index in [1.807, 2.05) is 0 Å². The second-order valence-electron chi connectivity index (χ2n) is 34.0. The predicted molar refractivity (Wildman–Crippen MR) is 461 cm³/mol. The largest absolute Gasteiger partial charge is 0.309 e. The van der Waals surface area contributed by atoms with Crippen LogP contribution in [-0.4, -0.2) is 27.4 Å². The molecular formula is C102H68F30N6. The van der Waals surface area contributed by atoms with Crippen LogP contribution in [0.5, 0.6) is 0 Å². The SMILES string of the molecule is CCCCc1cc2c(cc1CCCC)c1cc(-c3cc4c5cc(CCCC)c(CCCC)cc5c5cc(-c6cc7c8cc(CCCC)c(CCCC)cc8c8ccn(-c9c(F)c(F)c(F)c(F)c9F)c8c7n6-c6c(F)c(F)c(F)c(F)c6F)n(-c6c(F)c(F)c(F)c(F)c6F)c5c4n3-c3c(F)c(F)c(F)c(F)c3F)n(-c3c(F)c(F)c(F)c(F)c3F)c1c1c2ccn1-c1c(F)c(F)c(F)c(F)c1F. The van der Waals surface area contributed by atoms with Gasteiger partial charge in [0.1, 0.15) is 34.1 Å². The van der Waals surface area contributed by atoms with Crippen LogP contribution in [0.2, 0.25) is 0 Å². The molecule has 0 fully saturated rings. The summed E-state index contributed by atoms with van der Waals surface area (Å²) < 4.78 is 514. The highest BCUT2D eigenvalue weighted by Crippen LogP contribution is 2.55. The number of benzene rings is 12. The topological polar surface area (TPSA) is 29.6 Å². The highest BCUT2D eigenvalue weighted by atomic mass is 19.2. The van der Waals surface area contributed by atoms with Gasteiger partial charge in [-0.1, -0.05) is 116 Å². The van der Waals surface area contributed by atoms with E-state index in [2.05, 4.69) is 0 Å². The summed E-state index contributed by atoms with van der Waals surface area (Å²) >= 11 is 0. The smallest absolute Gasteiger partial charge is 0.200 e. The number of nitrogens with zero attached hydrogens (tertiary/aromatic N) is 6. The fourth-order valence-corrected chi connectivity index (χ4v) is 19.4. The molecule has 6 nitrogen and oxygen atoms in total. The lowest BCUT2D eigenvalue weighted by molar-refractivity contribution is 0.375. The first-order chi connectivity index (χ1) is 65.8. The van der Waals surface area contributed by atoms with Gasteiger partial charge in [-0.15, -0.1) is 0 Å². The minimum atomic E-state index is -3.06. The number of unbranched alkanes of at least 4 members (excludes halogenated alkanes) is 6. The van der Waals surface area contributed by atoms with Crippen molar-refractivity contribution in [1.82, 2.24) is 27.4 Å². The molecule has 18 rings (SSSR count). The van der Waals surface area contributed by atoms with Crippen molar-refractivity contribution in [1.29, 1.82) is 0 Å². The summed E-state index contributed by atoms with van der Waals surface area (Å²) in [5, 5.41) is -6.19. The first kappa shape index (κ1) is 94.9. The van der Waals surface area contributed by atoms with Crippen molar-refractivity contribution in [3.8, 4) is 56.9 Å². The lowest BCUT2D eigenvalue weighted by Gasteiger charge is -2.21. The van der Waals surface area contributed by atoms with Gasteiger partial charge < -0.3 is 27.4 Å². The maximum atomic E-state index is 18.7. The molecule has 0 atom stereocenters. The number of hydrogen-bond acceptors (Lipinski definition) is 0. The third-order valence-electron chi connectivity index (χ3n) is 26.0. The van der Waals surface area contributed by atoms with Gasteiger partial charge in [0.2, 0.25) is 34.9 Å². The zero-order chi connectivity index (χ0) is 99.0. The van der Waals surface area contributed by atoms with Crippen LogP contribution in [0.3, 0.4) is 0 Å². The van der Waals surface area contributed by atoms with Crippen LogP contribution in [0.15, 0.2) is 85.2 Å². The molecule has 0 bridgehead atoms. The number of rotatable bonds is 26. The Balaban J connectivity index is 1.18. The van der Waals surface area contributed by atoms with Crippen LogP contribution in [0.1, 0.15) is 152 Å². The summed E-state index contributed by atoms with van der Waals surface area (Å²) in [7, 11) is 0. The van der Waals surface area contributed by atoms with Crippen molar-refractivity contribution in [2.24, 2.45) is 0 Å². The summed E-state index contributed by atoms with van der Waals surface area (Å²) in [6.07, 6.45) is 6.12. The van der Waals surface area contributed by atoms with E-state index in [-0.39, 0.29) is 111 Å². The molecule has 138 heavy (non-hydrogen) atoms. The average Bonchev–Trinajstić information content (AvgIpc) is 1.51. The molecule has 0 saturated carbocycles. The Bertz CT molecular complexity index is 7650. The lowest BCUT2D eigenvalue weighted by atomic mass is 9.91. The first-order valence-corrected chi connectivity index (χ1v) is 43.9. The standard InChI is InChI=1S/C102H68F30N6/c1-7-13-19-39-29-47-45-25-27-133(97-79(121)67(109)61(103)68(110)80(97)122)91(45)93-53(49(47)31-41(39)21-15-9-3)35-57(135(93)99-83(125)71(113)63(105)72(114)84(99)126)59-37-55-51-33-43(23-17-11-5)44(24-18-12-6)34-52(51)56-38-60(138(102-89(131)77(119)66(108)78(120)90(102)132)96(56)95(55)137(59)101-87(129)75(117)65(107)76(118)88(101)130)58-36-54-50-32-42(22-16-10-4)40(20-14-8-2)30-48(50)46-26-28-134(98-81(123)69(111)62(104)70(112)82(98)124)92(46)94(54)136(58)100-85(127)73(115)64(106)74(116)86(100)128/h25-38H,7-24H2,1-6H3. The molecule has 6 aromatic heterocycles. The van der Waals surface area contributed by atoms with Crippen molar-refractivity contribution >= 4 is 97.7 Å². The third kappa shape index (κ3) is 13.9. The van der Waals surface area contributed by atoms with Crippen LogP contribution in [0.25, 0.3) is 155 Å². The van der Waals surface area contributed by atoms with Crippen molar-refractivity contribution in [2.75, 3.05) is 0 Å². The number of aryl methyl sites for hydroxylation is 6. The summed E-state index contributed by atoms with van der Waals surface area (Å²) in [5.41, 5.74) is -24.5. The van der Waals surface area contributed by atoms with Crippen molar-refractivity contribution in [2.45, 2.75) is 157 Å². The van der Waals surface area contributed by atoms with Crippen molar-refractivity contribution in [3.63, 3.8) is 0 Å². The van der Waals surface area contributed by atoms with E-state index in [9.17, 15) is 0 Å². The summed E-state index contributed by atoms with van der Waals surface area (Å²) in [4.78, 5) is 0. The van der Waals surface area contributed by atoms with E-state index >= 15 is 132 Å². The molecule has 0 spiro atoms. The zero-order valence-corrected chi connectivity index (χ0v) is 72.8. The van der Waals surface area contributed by atoms with Crippen LogP contribution in [0.4, 0.5) is 132 Å². The zero-order valence-electron chi connectivity index (χ0n) is 72.8. The average molecular weight is 1950 g/mol. The first-order valence-electron chi connectivity index (χ1n) is 43.9. The summed E-state index contributed by atoms with van der Waals surface area (Å²) in [6.45, 7) is 10.5. The molecule has 0 saturated heterocycles. The second-order valence-corrected chi connectivity index (χ2v) is 34.0. The maximum Gasteiger partial charge on any atom is 0.200 e. The van der Waals surface area contributed by atoms with Gasteiger partial charge in [0.25, 0.3) is 0 Å². The molecule has 716 valence electrons. The van der Waals surface area contributed by atoms with Gasteiger partial charge >= 0.3 is 0 Å². The van der Waals surface area contributed by atoms with E-state index in [0.717, 1.165) is 12.1 Å². The molecule has 0 aliphatic rings. The van der Waals surface area contributed by atoms with E-state index in [1.54, 1.807) is 41.5 Å². The van der Waals surface area contributed by atoms with Crippen LogP contribution in [-0.2, 0) is 38.5 Å². The normalized spacial score (nSPS) is 12.3. The maximum absolute atomic E-state index is 18.7. The molecule has 0 radical (unpaired) electrons. The lowest BCUT2D eigenvalue weighted by Crippen LogP contribution is -2.15. The van der Waals surface area contributed by atoms with Gasteiger partial charge in [-0.25, -0.2) is 132 Å². The van der Waals surface area contributed by atoms with Gasteiger partial charge in [0.15, 0.2) is 140 Å². The highest BCUT2D eigenvalue weighted by Gasteiger charge is 2.43. The van der Waals surface area contributed by atoms with Gasteiger partial charge in [-0.2, -0.15) is 0 Å². The Morgan fingerprint density at radius 1 is 0.159 bits per heavy atom. The highest BCUT2D eigenvalue weighted by molar-refractivity contribution is 6.30. The monoisotopic (exact) mass is 1950 g/mol. The molecule has 0 N–H and O–H groups in total. The van der Waals surface area contributed by atoms with Crippen LogP contribution < -0.4 is 0 Å². The van der Waals surface area contributed by atoms with Crippen LogP contribution in [0, 0.1) is 175 Å². The van der Waals surface area contributed by atoms with E-state index in [0.29, 0.717) is 123 Å². The summed E-state index contributed by atoms with van der Waals surface area (Å²) in [5.74, 6) is -86.4. The van der Waals surface area contributed by atoms with Crippen molar-refractivity contribution < 1.29 is 132 Å². The Morgan fingerprint density at radius 2 is 0.304 bits per heavy atom. The molecule has 0 aliphatic carbocycles. The van der Waals surface area contributed by atoms with E-state index < -0.39 is 308 Å². The molecule has 0 aliphatic heterocycles. The Hall–Kier alpha value is -13.4. The van der Waals surface area contributed by atoms with E-state index in [4.69, 9.17) is 0 Å². The molecule has 6 heterocycles. The summed E-state index contributed by atoms with van der Waals surface area (Å²) in [6, 6.07) is 12.6. The van der Waals surface area contributed by atoms with Crippen molar-refractivity contribution in [3.05, 3.63) is 293 Å². The number of hydrogen-bond donors (Lipinski definition) is 0. The van der Waals surface area contributed by atoms with Gasteiger partial charge in [0, 0.05) is 44.7 Å². The number of aromatic nitrogens is 6. The number of halogens is 30. The van der Waals surface area contributed by atoms with E-state index in [1.165, 1.54) is 36.4 Å². The molecule has 18 aromatic rings. The minimum absolute atomic E-state index is 0.0366. The minimum Gasteiger partial charge on any atom is -0.309 e. The molecule has 0 unspecified atom stereocenters. The predicted octanol–water partition coefficient (Wildman–Crippen LogP) is 32.4. The van der Waals surface area contributed by atoms with Gasteiger partial charge in [-0.3, -0.25) is 0 Å². The molecule has 36 heteroatoms. The fraction of sp³-hybridized carbons (Fsp3) is 0.235. The molecular weight excluding hydrogens is 1880 g/mol. The van der Waals surface area contributed by atoms with Crippen LogP contribution >= 0.6 is 0 Å². The molecule has 12 aromatic carbocycles. The second kappa shape index (κ2) is 35.5.